The number of nitrogens with zero attached hydrogens (tertiary/aromatic N) is 2. The highest BCUT2D eigenvalue weighted by atomic mass is 19.1. The van der Waals surface area contributed by atoms with Gasteiger partial charge in [-0.05, 0) is 36.8 Å². The minimum atomic E-state index is -0.558. The molecule has 9 heteroatoms. The predicted octanol–water partition coefficient (Wildman–Crippen LogP) is 3.10. The SMILES string of the molecule is COc1cc2ncnc(Nc3ccc(F)c(C)c3)c2cc1OCCC(=O)NO. The molecule has 0 unspecified atom stereocenters. The number of ether oxygens (including phenoxy) is 2. The number of fused-ring (bicyclic) bond motifs is 1. The normalized spacial score (nSPS) is 10.6. The number of hydrogen-bond donors (Lipinski definition) is 3. The summed E-state index contributed by atoms with van der Waals surface area (Å²) in [6.45, 7) is 1.72. The Kier molecular flexibility index (Phi) is 5.85. The fourth-order valence-electron chi connectivity index (χ4n) is 2.60. The Hall–Kier alpha value is -3.46. The highest BCUT2D eigenvalue weighted by Crippen LogP contribution is 2.34. The first-order valence-electron chi connectivity index (χ1n) is 8.43. The Morgan fingerprint density at radius 3 is 2.75 bits per heavy atom. The summed E-state index contributed by atoms with van der Waals surface area (Å²) in [5.74, 6) is 0.507. The number of carbonyl (C=O) groups excluding carboxylic acids is 1. The van der Waals surface area contributed by atoms with Crippen LogP contribution in [0.4, 0.5) is 15.9 Å². The van der Waals surface area contributed by atoms with E-state index >= 15 is 0 Å². The van der Waals surface area contributed by atoms with E-state index in [0.717, 1.165) is 0 Å². The van der Waals surface area contributed by atoms with Crippen LogP contribution in [0.3, 0.4) is 0 Å². The molecule has 0 aliphatic rings. The zero-order valence-electron chi connectivity index (χ0n) is 15.3. The number of aromatic nitrogens is 2. The van der Waals surface area contributed by atoms with Crippen LogP contribution in [0.1, 0.15) is 12.0 Å². The molecule has 0 saturated heterocycles. The maximum absolute atomic E-state index is 13.5. The fraction of sp³-hybridized carbons (Fsp3) is 0.211. The monoisotopic (exact) mass is 386 g/mol. The van der Waals surface area contributed by atoms with E-state index in [2.05, 4.69) is 15.3 Å². The van der Waals surface area contributed by atoms with Crippen LogP contribution in [-0.2, 0) is 4.79 Å². The van der Waals surface area contributed by atoms with Crippen LogP contribution in [0, 0.1) is 12.7 Å². The number of carbonyl (C=O) groups is 1. The molecule has 0 aliphatic heterocycles. The Morgan fingerprint density at radius 2 is 2.04 bits per heavy atom. The van der Waals surface area contributed by atoms with Crippen LogP contribution in [0.25, 0.3) is 10.9 Å². The number of aryl methyl sites for hydroxylation is 1. The summed E-state index contributed by atoms with van der Waals surface area (Å²) >= 11 is 0. The molecule has 146 valence electrons. The number of amides is 1. The Morgan fingerprint density at radius 1 is 1.21 bits per heavy atom. The van der Waals surface area contributed by atoms with E-state index in [1.165, 1.54) is 19.5 Å². The van der Waals surface area contributed by atoms with Crippen LogP contribution in [0.2, 0.25) is 0 Å². The van der Waals surface area contributed by atoms with Crippen molar-refractivity contribution in [1.29, 1.82) is 0 Å². The Bertz CT molecular complexity index is 1010. The standard InChI is InChI=1S/C19H19FN4O4/c1-11-7-12(3-4-14(11)20)23-19-13-8-17(28-6-5-18(25)24-26)16(27-2)9-15(13)21-10-22-19/h3-4,7-10,26H,5-6H2,1-2H3,(H,24,25)(H,21,22,23). The minimum Gasteiger partial charge on any atom is -0.493 e. The second-order valence-electron chi connectivity index (χ2n) is 5.96. The summed E-state index contributed by atoms with van der Waals surface area (Å²) in [6.07, 6.45) is 1.38. The van der Waals surface area contributed by atoms with Crippen LogP contribution >= 0.6 is 0 Å². The smallest absolute Gasteiger partial charge is 0.246 e. The zero-order valence-corrected chi connectivity index (χ0v) is 15.3. The molecule has 28 heavy (non-hydrogen) atoms. The Labute approximate surface area is 160 Å². The molecule has 8 nitrogen and oxygen atoms in total. The maximum atomic E-state index is 13.5. The molecule has 1 heterocycles. The summed E-state index contributed by atoms with van der Waals surface area (Å²) < 4.78 is 24.4. The number of hydroxylamine groups is 1. The van der Waals surface area contributed by atoms with Gasteiger partial charge < -0.3 is 14.8 Å². The molecule has 0 aliphatic carbocycles. The van der Waals surface area contributed by atoms with Crippen molar-refractivity contribution >= 4 is 28.3 Å². The molecule has 3 rings (SSSR count). The molecule has 3 N–H and O–H groups in total. The number of methoxy groups -OCH3 is 1. The van der Waals surface area contributed by atoms with Crippen molar-refractivity contribution < 1.29 is 23.9 Å². The quantitative estimate of drug-likeness (QED) is 0.423. The van der Waals surface area contributed by atoms with Crippen molar-refractivity contribution in [3.05, 3.63) is 48.0 Å². The molecular formula is C19H19FN4O4. The van der Waals surface area contributed by atoms with E-state index in [1.54, 1.807) is 36.7 Å². The van der Waals surface area contributed by atoms with Gasteiger partial charge in [-0.1, -0.05) is 0 Å². The first-order valence-corrected chi connectivity index (χ1v) is 8.43. The molecule has 1 aromatic heterocycles. The number of halogens is 1. The molecule has 0 bridgehead atoms. The molecule has 3 aromatic rings. The van der Waals surface area contributed by atoms with Gasteiger partial charge in [0.05, 0.1) is 25.7 Å². The third-order valence-electron chi connectivity index (χ3n) is 4.05. The van der Waals surface area contributed by atoms with Gasteiger partial charge >= 0.3 is 0 Å². The number of anilines is 2. The van der Waals surface area contributed by atoms with Crippen LogP contribution in [-0.4, -0.2) is 34.8 Å². The van der Waals surface area contributed by atoms with Crippen molar-refractivity contribution in [2.45, 2.75) is 13.3 Å². The van der Waals surface area contributed by atoms with Gasteiger partial charge in [-0.15, -0.1) is 0 Å². The lowest BCUT2D eigenvalue weighted by Crippen LogP contribution is -2.20. The lowest BCUT2D eigenvalue weighted by Gasteiger charge is -2.14. The zero-order chi connectivity index (χ0) is 20.1. The molecule has 0 atom stereocenters. The van der Waals surface area contributed by atoms with Crippen molar-refractivity contribution in [2.75, 3.05) is 19.0 Å². The highest BCUT2D eigenvalue weighted by Gasteiger charge is 2.13. The van der Waals surface area contributed by atoms with E-state index < -0.39 is 5.91 Å². The molecule has 1 amide bonds. The highest BCUT2D eigenvalue weighted by molar-refractivity contribution is 5.93. The number of nitrogens with one attached hydrogen (secondary N) is 2. The van der Waals surface area contributed by atoms with Crippen LogP contribution in [0.15, 0.2) is 36.7 Å². The maximum Gasteiger partial charge on any atom is 0.246 e. The van der Waals surface area contributed by atoms with E-state index in [0.29, 0.717) is 39.5 Å². The first kappa shape index (κ1) is 19.3. The van der Waals surface area contributed by atoms with Crippen molar-refractivity contribution in [3.8, 4) is 11.5 Å². The molecular weight excluding hydrogens is 367 g/mol. The van der Waals surface area contributed by atoms with Gasteiger partial charge in [0.25, 0.3) is 0 Å². The predicted molar refractivity (Wildman–Crippen MR) is 101 cm³/mol. The molecule has 2 aromatic carbocycles. The minimum absolute atomic E-state index is 0.0249. The summed E-state index contributed by atoms with van der Waals surface area (Å²) in [5.41, 5.74) is 3.35. The van der Waals surface area contributed by atoms with E-state index in [-0.39, 0.29) is 18.8 Å². The van der Waals surface area contributed by atoms with Crippen molar-refractivity contribution in [2.24, 2.45) is 0 Å². The molecule has 0 fully saturated rings. The molecule has 0 saturated carbocycles. The van der Waals surface area contributed by atoms with Gasteiger partial charge in [0, 0.05) is 17.1 Å². The summed E-state index contributed by atoms with van der Waals surface area (Å²) in [4.78, 5) is 19.7. The third-order valence-corrected chi connectivity index (χ3v) is 4.05. The topological polar surface area (TPSA) is 106 Å². The largest absolute Gasteiger partial charge is 0.493 e. The average Bonchev–Trinajstić information content (AvgIpc) is 2.70. The number of benzene rings is 2. The molecule has 0 radical (unpaired) electrons. The number of rotatable bonds is 7. The van der Waals surface area contributed by atoms with E-state index in [9.17, 15) is 9.18 Å². The van der Waals surface area contributed by atoms with Gasteiger partial charge in [-0.2, -0.15) is 0 Å². The number of hydrogen-bond acceptors (Lipinski definition) is 7. The fourth-order valence-corrected chi connectivity index (χ4v) is 2.60. The summed E-state index contributed by atoms with van der Waals surface area (Å²) in [7, 11) is 1.50. The van der Waals surface area contributed by atoms with Crippen molar-refractivity contribution in [3.63, 3.8) is 0 Å². The second kappa shape index (κ2) is 8.49. The van der Waals surface area contributed by atoms with Crippen LogP contribution < -0.4 is 20.3 Å². The average molecular weight is 386 g/mol. The Balaban J connectivity index is 1.93. The second-order valence-corrected chi connectivity index (χ2v) is 5.96. The van der Waals surface area contributed by atoms with Gasteiger partial charge in [0.1, 0.15) is 18.0 Å². The van der Waals surface area contributed by atoms with E-state index in [4.69, 9.17) is 14.7 Å². The van der Waals surface area contributed by atoms with Gasteiger partial charge in [-0.25, -0.2) is 19.8 Å². The van der Waals surface area contributed by atoms with Gasteiger partial charge in [-0.3, -0.25) is 10.0 Å². The lowest BCUT2D eigenvalue weighted by atomic mass is 10.2. The van der Waals surface area contributed by atoms with Gasteiger partial charge in [0.15, 0.2) is 11.5 Å². The third kappa shape index (κ3) is 4.26. The first-order chi connectivity index (χ1) is 13.5. The lowest BCUT2D eigenvalue weighted by molar-refractivity contribution is -0.129. The summed E-state index contributed by atoms with van der Waals surface area (Å²) in [6, 6.07) is 8.07. The molecule has 0 spiro atoms. The van der Waals surface area contributed by atoms with Crippen molar-refractivity contribution in [1.82, 2.24) is 15.4 Å². The summed E-state index contributed by atoms with van der Waals surface area (Å²) in [5, 5.41) is 12.4. The van der Waals surface area contributed by atoms with E-state index in [1.807, 2.05) is 0 Å². The van der Waals surface area contributed by atoms with Crippen LogP contribution in [0.5, 0.6) is 11.5 Å². The van der Waals surface area contributed by atoms with Gasteiger partial charge in [0.2, 0.25) is 5.91 Å².